The van der Waals surface area contributed by atoms with E-state index in [1.54, 1.807) is 24.3 Å². The number of hydrogen-bond acceptors (Lipinski definition) is 2. The monoisotopic (exact) mass is 319 g/mol. The van der Waals surface area contributed by atoms with Crippen molar-refractivity contribution in [3.8, 4) is 5.75 Å². The van der Waals surface area contributed by atoms with E-state index in [2.05, 4.69) is 21.2 Å². The Bertz CT molecular complexity index is 638. The van der Waals surface area contributed by atoms with Crippen LogP contribution in [0, 0.1) is 13.8 Å². The van der Waals surface area contributed by atoms with E-state index >= 15 is 0 Å². The first-order valence-electron chi connectivity index (χ1n) is 5.85. The summed E-state index contributed by atoms with van der Waals surface area (Å²) in [5.74, 6) is 0.0294. The minimum Gasteiger partial charge on any atom is -0.508 e. The van der Waals surface area contributed by atoms with Gasteiger partial charge in [0.2, 0.25) is 0 Å². The van der Waals surface area contributed by atoms with Gasteiger partial charge in [-0.3, -0.25) is 4.79 Å². The van der Waals surface area contributed by atoms with Crippen molar-refractivity contribution in [1.29, 1.82) is 0 Å². The van der Waals surface area contributed by atoms with Crippen molar-refractivity contribution in [1.82, 2.24) is 0 Å². The number of rotatable bonds is 2. The standard InChI is InChI=1S/C15H14BrNO2/c1-9-8-11(18)6-7-14(9)17-15(19)12-4-3-5-13(16)10(12)2/h3-8,18H,1-2H3,(H,17,19). The van der Waals surface area contributed by atoms with Gasteiger partial charge in [0.15, 0.2) is 0 Å². The van der Waals surface area contributed by atoms with Gasteiger partial charge in [0.1, 0.15) is 5.75 Å². The van der Waals surface area contributed by atoms with Gasteiger partial charge in [0, 0.05) is 15.7 Å². The molecular weight excluding hydrogens is 306 g/mol. The second-order valence-corrected chi connectivity index (χ2v) is 5.22. The summed E-state index contributed by atoms with van der Waals surface area (Å²) < 4.78 is 0.905. The molecule has 2 aromatic rings. The molecule has 98 valence electrons. The fraction of sp³-hybridized carbons (Fsp3) is 0.133. The lowest BCUT2D eigenvalue weighted by atomic mass is 10.1. The molecule has 2 rings (SSSR count). The second-order valence-electron chi connectivity index (χ2n) is 4.37. The zero-order valence-corrected chi connectivity index (χ0v) is 12.3. The third-order valence-electron chi connectivity index (χ3n) is 2.97. The summed E-state index contributed by atoms with van der Waals surface area (Å²) in [5, 5.41) is 12.2. The van der Waals surface area contributed by atoms with Crippen molar-refractivity contribution in [3.63, 3.8) is 0 Å². The van der Waals surface area contributed by atoms with E-state index < -0.39 is 0 Å². The molecule has 0 saturated heterocycles. The highest BCUT2D eigenvalue weighted by Crippen LogP contribution is 2.23. The first kappa shape index (κ1) is 13.6. The summed E-state index contributed by atoms with van der Waals surface area (Å²) in [7, 11) is 0. The summed E-state index contributed by atoms with van der Waals surface area (Å²) in [6, 6.07) is 10.4. The van der Waals surface area contributed by atoms with Gasteiger partial charge in [0.05, 0.1) is 0 Å². The third kappa shape index (κ3) is 2.96. The number of carbonyl (C=O) groups excluding carboxylic acids is 1. The van der Waals surface area contributed by atoms with Gasteiger partial charge in [-0.1, -0.05) is 22.0 Å². The van der Waals surface area contributed by atoms with Crippen molar-refractivity contribution >= 4 is 27.5 Å². The van der Waals surface area contributed by atoms with Crippen LogP contribution < -0.4 is 5.32 Å². The SMILES string of the molecule is Cc1cc(O)ccc1NC(=O)c1cccc(Br)c1C. The number of benzene rings is 2. The van der Waals surface area contributed by atoms with Crippen LogP contribution in [-0.2, 0) is 0 Å². The van der Waals surface area contributed by atoms with Crippen LogP contribution in [0.25, 0.3) is 0 Å². The van der Waals surface area contributed by atoms with Gasteiger partial charge in [-0.25, -0.2) is 0 Å². The van der Waals surface area contributed by atoms with Gasteiger partial charge in [-0.2, -0.15) is 0 Å². The zero-order valence-electron chi connectivity index (χ0n) is 10.7. The summed E-state index contributed by atoms with van der Waals surface area (Å²) in [5.41, 5.74) is 3.04. The summed E-state index contributed by atoms with van der Waals surface area (Å²) in [6.07, 6.45) is 0. The highest BCUT2D eigenvalue weighted by atomic mass is 79.9. The Balaban J connectivity index is 2.28. The van der Waals surface area contributed by atoms with Crippen LogP contribution in [0.15, 0.2) is 40.9 Å². The van der Waals surface area contributed by atoms with E-state index in [0.717, 1.165) is 15.6 Å². The quantitative estimate of drug-likeness (QED) is 0.821. The molecule has 0 aliphatic rings. The fourth-order valence-corrected chi connectivity index (χ4v) is 2.20. The predicted molar refractivity (Wildman–Crippen MR) is 79.7 cm³/mol. The Morgan fingerprint density at radius 1 is 1.21 bits per heavy atom. The lowest BCUT2D eigenvalue weighted by Gasteiger charge is -2.11. The van der Waals surface area contributed by atoms with Crippen LogP contribution in [0.1, 0.15) is 21.5 Å². The van der Waals surface area contributed by atoms with Crippen molar-refractivity contribution in [2.45, 2.75) is 13.8 Å². The number of aromatic hydroxyl groups is 1. The predicted octanol–water partition coefficient (Wildman–Crippen LogP) is 4.02. The molecule has 0 aliphatic heterocycles. The number of aryl methyl sites for hydroxylation is 1. The molecule has 0 bridgehead atoms. The number of halogens is 1. The smallest absolute Gasteiger partial charge is 0.255 e. The van der Waals surface area contributed by atoms with Crippen LogP contribution in [0.2, 0.25) is 0 Å². The van der Waals surface area contributed by atoms with E-state index in [0.29, 0.717) is 11.3 Å². The van der Waals surface area contributed by atoms with Crippen molar-refractivity contribution in [2.24, 2.45) is 0 Å². The van der Waals surface area contributed by atoms with Crippen molar-refractivity contribution in [3.05, 3.63) is 57.6 Å². The Hall–Kier alpha value is -1.81. The molecule has 1 amide bonds. The Kier molecular flexibility index (Phi) is 3.90. The summed E-state index contributed by atoms with van der Waals surface area (Å²) in [4.78, 5) is 12.2. The molecule has 0 aromatic heterocycles. The van der Waals surface area contributed by atoms with E-state index in [-0.39, 0.29) is 11.7 Å². The summed E-state index contributed by atoms with van der Waals surface area (Å²) >= 11 is 3.41. The number of nitrogens with one attached hydrogen (secondary N) is 1. The second kappa shape index (κ2) is 5.45. The Labute approximate surface area is 120 Å². The highest BCUT2D eigenvalue weighted by Gasteiger charge is 2.12. The molecule has 19 heavy (non-hydrogen) atoms. The lowest BCUT2D eigenvalue weighted by Crippen LogP contribution is -2.14. The van der Waals surface area contributed by atoms with Gasteiger partial charge >= 0.3 is 0 Å². The average Bonchev–Trinajstić information content (AvgIpc) is 2.36. The molecule has 0 saturated carbocycles. The van der Waals surface area contributed by atoms with E-state index in [4.69, 9.17) is 0 Å². The fourth-order valence-electron chi connectivity index (χ4n) is 1.83. The average molecular weight is 320 g/mol. The topological polar surface area (TPSA) is 49.3 Å². The molecule has 0 aliphatic carbocycles. The van der Waals surface area contributed by atoms with E-state index in [1.165, 1.54) is 0 Å². The maximum absolute atomic E-state index is 12.2. The number of phenolic OH excluding ortho intramolecular Hbond substituents is 1. The van der Waals surface area contributed by atoms with Gasteiger partial charge in [0.25, 0.3) is 5.91 Å². The number of amides is 1. The Morgan fingerprint density at radius 2 is 1.95 bits per heavy atom. The minimum absolute atomic E-state index is 0.160. The molecule has 0 radical (unpaired) electrons. The largest absolute Gasteiger partial charge is 0.508 e. The van der Waals surface area contributed by atoms with Gasteiger partial charge < -0.3 is 10.4 Å². The van der Waals surface area contributed by atoms with Crippen LogP contribution >= 0.6 is 15.9 Å². The molecule has 2 N–H and O–H groups in total. The first-order valence-corrected chi connectivity index (χ1v) is 6.64. The third-order valence-corrected chi connectivity index (χ3v) is 3.83. The van der Waals surface area contributed by atoms with E-state index in [9.17, 15) is 9.90 Å². The van der Waals surface area contributed by atoms with Gasteiger partial charge in [-0.05, 0) is 55.3 Å². The molecule has 2 aromatic carbocycles. The minimum atomic E-state index is -0.160. The molecule has 4 heteroatoms. The normalized spacial score (nSPS) is 10.3. The number of anilines is 1. The van der Waals surface area contributed by atoms with E-state index in [1.807, 2.05) is 26.0 Å². The van der Waals surface area contributed by atoms with Crippen LogP contribution in [0.3, 0.4) is 0 Å². The maximum Gasteiger partial charge on any atom is 0.255 e. The molecule has 3 nitrogen and oxygen atoms in total. The lowest BCUT2D eigenvalue weighted by molar-refractivity contribution is 0.102. The summed E-state index contributed by atoms with van der Waals surface area (Å²) in [6.45, 7) is 3.73. The van der Waals surface area contributed by atoms with Crippen LogP contribution in [0.4, 0.5) is 5.69 Å². The van der Waals surface area contributed by atoms with Crippen molar-refractivity contribution < 1.29 is 9.90 Å². The highest BCUT2D eigenvalue weighted by molar-refractivity contribution is 9.10. The van der Waals surface area contributed by atoms with Crippen molar-refractivity contribution in [2.75, 3.05) is 5.32 Å². The zero-order chi connectivity index (χ0) is 14.0. The molecular formula is C15H14BrNO2. The maximum atomic E-state index is 12.2. The Morgan fingerprint density at radius 3 is 2.63 bits per heavy atom. The molecule has 0 fully saturated rings. The first-order chi connectivity index (χ1) is 8.99. The molecule has 0 atom stereocenters. The van der Waals surface area contributed by atoms with Crippen LogP contribution in [0.5, 0.6) is 5.75 Å². The molecule has 0 heterocycles. The van der Waals surface area contributed by atoms with Gasteiger partial charge in [-0.15, -0.1) is 0 Å². The molecule has 0 spiro atoms. The number of carbonyl (C=O) groups is 1. The molecule has 0 unspecified atom stereocenters. The number of hydrogen-bond donors (Lipinski definition) is 2. The number of phenols is 1. The van der Waals surface area contributed by atoms with Crippen LogP contribution in [-0.4, -0.2) is 11.0 Å².